The Labute approximate surface area is 137 Å². The van der Waals surface area contributed by atoms with Crippen LogP contribution in [0.5, 0.6) is 0 Å². The summed E-state index contributed by atoms with van der Waals surface area (Å²) in [7, 11) is 0. The average molecular weight is 328 g/mol. The van der Waals surface area contributed by atoms with Crippen LogP contribution < -0.4 is 9.80 Å². The first kappa shape index (κ1) is 17.2. The summed E-state index contributed by atoms with van der Waals surface area (Å²) < 4.78 is 5.38. The molecule has 0 saturated carbocycles. The van der Waals surface area contributed by atoms with E-state index in [9.17, 15) is 0 Å². The number of aromatic nitrogens is 3. The average Bonchev–Trinajstić information content (AvgIpc) is 2.54. The number of morpholine rings is 1. The van der Waals surface area contributed by atoms with Crippen LogP contribution in [-0.2, 0) is 4.74 Å². The molecule has 124 valence electrons. The van der Waals surface area contributed by atoms with Crippen LogP contribution in [0.15, 0.2) is 0 Å². The SMILES string of the molecule is CCCCCN(CCC)c1nc(Cl)nc(N2CCOCC2)n1. The van der Waals surface area contributed by atoms with Crippen LogP contribution in [0.2, 0.25) is 5.28 Å². The van der Waals surface area contributed by atoms with E-state index in [1.165, 1.54) is 12.8 Å². The monoisotopic (exact) mass is 327 g/mol. The van der Waals surface area contributed by atoms with Crippen molar-refractivity contribution in [3.8, 4) is 0 Å². The zero-order valence-electron chi connectivity index (χ0n) is 13.6. The fourth-order valence-electron chi connectivity index (χ4n) is 2.51. The van der Waals surface area contributed by atoms with E-state index in [2.05, 4.69) is 38.6 Å². The lowest BCUT2D eigenvalue weighted by Gasteiger charge is -2.28. The van der Waals surface area contributed by atoms with Crippen molar-refractivity contribution in [2.45, 2.75) is 39.5 Å². The third-order valence-corrected chi connectivity index (χ3v) is 3.86. The van der Waals surface area contributed by atoms with E-state index in [1.807, 2.05) is 0 Å². The van der Waals surface area contributed by atoms with Gasteiger partial charge in [-0.3, -0.25) is 0 Å². The maximum absolute atomic E-state index is 6.13. The van der Waals surface area contributed by atoms with Crippen molar-refractivity contribution >= 4 is 23.5 Å². The van der Waals surface area contributed by atoms with Crippen LogP contribution in [0, 0.1) is 0 Å². The van der Waals surface area contributed by atoms with Crippen molar-refractivity contribution in [2.24, 2.45) is 0 Å². The van der Waals surface area contributed by atoms with Gasteiger partial charge < -0.3 is 14.5 Å². The molecule has 0 aliphatic carbocycles. The quantitative estimate of drug-likeness (QED) is 0.684. The van der Waals surface area contributed by atoms with Crippen molar-refractivity contribution in [1.82, 2.24) is 15.0 Å². The Morgan fingerprint density at radius 3 is 2.50 bits per heavy atom. The molecule has 1 aliphatic heterocycles. The lowest BCUT2D eigenvalue weighted by Crippen LogP contribution is -2.38. The minimum atomic E-state index is 0.267. The zero-order valence-corrected chi connectivity index (χ0v) is 14.3. The Kier molecular flexibility index (Phi) is 7.12. The second-order valence-electron chi connectivity index (χ2n) is 5.50. The summed E-state index contributed by atoms with van der Waals surface area (Å²) in [6.45, 7) is 9.27. The fourth-order valence-corrected chi connectivity index (χ4v) is 2.66. The Balaban J connectivity index is 2.14. The molecule has 6 nitrogen and oxygen atoms in total. The largest absolute Gasteiger partial charge is 0.378 e. The summed E-state index contributed by atoms with van der Waals surface area (Å²) in [5, 5.41) is 0.267. The molecule has 1 aromatic heterocycles. The molecule has 0 radical (unpaired) electrons. The third kappa shape index (κ3) is 4.95. The Morgan fingerprint density at radius 1 is 1.05 bits per heavy atom. The zero-order chi connectivity index (χ0) is 15.8. The van der Waals surface area contributed by atoms with Crippen LogP contribution in [0.25, 0.3) is 0 Å². The molecule has 0 N–H and O–H groups in total. The number of hydrogen-bond donors (Lipinski definition) is 0. The third-order valence-electron chi connectivity index (χ3n) is 3.69. The van der Waals surface area contributed by atoms with E-state index in [-0.39, 0.29) is 5.28 Å². The topological polar surface area (TPSA) is 54.4 Å². The van der Waals surface area contributed by atoms with E-state index in [0.717, 1.165) is 39.0 Å². The molecule has 0 unspecified atom stereocenters. The van der Waals surface area contributed by atoms with Gasteiger partial charge in [0.15, 0.2) is 0 Å². The maximum Gasteiger partial charge on any atom is 0.231 e. The van der Waals surface area contributed by atoms with Crippen molar-refractivity contribution in [3.63, 3.8) is 0 Å². The molecule has 2 rings (SSSR count). The number of rotatable bonds is 8. The number of halogens is 1. The van der Waals surface area contributed by atoms with Crippen LogP contribution in [-0.4, -0.2) is 54.3 Å². The summed E-state index contributed by atoms with van der Waals surface area (Å²) in [5.74, 6) is 1.36. The smallest absolute Gasteiger partial charge is 0.231 e. The number of nitrogens with zero attached hydrogens (tertiary/aromatic N) is 5. The molecule has 1 fully saturated rings. The first-order chi connectivity index (χ1) is 10.7. The number of anilines is 2. The normalized spacial score (nSPS) is 15.1. The molecule has 0 bridgehead atoms. The first-order valence-electron chi connectivity index (χ1n) is 8.23. The molecular formula is C15H26ClN5O. The van der Waals surface area contributed by atoms with E-state index < -0.39 is 0 Å². The van der Waals surface area contributed by atoms with Gasteiger partial charge in [-0.15, -0.1) is 0 Å². The molecule has 1 aliphatic rings. The van der Waals surface area contributed by atoms with Crippen LogP contribution in [0.3, 0.4) is 0 Å². The van der Waals surface area contributed by atoms with Gasteiger partial charge in [0.25, 0.3) is 0 Å². The van der Waals surface area contributed by atoms with Gasteiger partial charge in [0.05, 0.1) is 13.2 Å². The molecule has 2 heterocycles. The van der Waals surface area contributed by atoms with Gasteiger partial charge in [-0.25, -0.2) is 0 Å². The molecule has 0 amide bonds. The van der Waals surface area contributed by atoms with Gasteiger partial charge in [-0.2, -0.15) is 15.0 Å². The molecule has 22 heavy (non-hydrogen) atoms. The van der Waals surface area contributed by atoms with Crippen LogP contribution in [0.4, 0.5) is 11.9 Å². The number of ether oxygens (including phenoxy) is 1. The van der Waals surface area contributed by atoms with Gasteiger partial charge >= 0.3 is 0 Å². The van der Waals surface area contributed by atoms with Crippen molar-refractivity contribution in [3.05, 3.63) is 5.28 Å². The van der Waals surface area contributed by atoms with Crippen LogP contribution in [0.1, 0.15) is 39.5 Å². The van der Waals surface area contributed by atoms with Gasteiger partial charge in [0.1, 0.15) is 0 Å². The van der Waals surface area contributed by atoms with Crippen LogP contribution >= 0.6 is 11.6 Å². The molecule has 7 heteroatoms. The minimum absolute atomic E-state index is 0.267. The molecule has 0 spiro atoms. The van der Waals surface area contributed by atoms with Gasteiger partial charge in [-0.05, 0) is 24.4 Å². The second kappa shape index (κ2) is 9.10. The van der Waals surface area contributed by atoms with Crippen molar-refractivity contribution in [1.29, 1.82) is 0 Å². The lowest BCUT2D eigenvalue weighted by molar-refractivity contribution is 0.122. The molecular weight excluding hydrogens is 302 g/mol. The molecule has 1 aromatic rings. The summed E-state index contributed by atoms with van der Waals surface area (Å²) >= 11 is 6.13. The van der Waals surface area contributed by atoms with E-state index in [1.54, 1.807) is 0 Å². The highest BCUT2D eigenvalue weighted by Gasteiger charge is 2.18. The van der Waals surface area contributed by atoms with Gasteiger partial charge in [0, 0.05) is 26.2 Å². The Bertz CT molecular complexity index is 454. The predicted octanol–water partition coefficient (Wildman–Crippen LogP) is 2.77. The van der Waals surface area contributed by atoms with E-state index in [0.29, 0.717) is 25.1 Å². The summed E-state index contributed by atoms with van der Waals surface area (Å²) in [5.41, 5.74) is 0. The highest BCUT2D eigenvalue weighted by atomic mass is 35.5. The highest BCUT2D eigenvalue weighted by Crippen LogP contribution is 2.18. The Morgan fingerprint density at radius 2 is 1.82 bits per heavy atom. The summed E-state index contributed by atoms with van der Waals surface area (Å²) in [6.07, 6.45) is 4.63. The first-order valence-corrected chi connectivity index (χ1v) is 8.61. The van der Waals surface area contributed by atoms with Gasteiger partial charge in [0.2, 0.25) is 17.2 Å². The number of unbranched alkanes of at least 4 members (excludes halogenated alkanes) is 2. The summed E-state index contributed by atoms with van der Waals surface area (Å²) in [4.78, 5) is 17.6. The number of hydrogen-bond acceptors (Lipinski definition) is 6. The van der Waals surface area contributed by atoms with Crippen molar-refractivity contribution < 1.29 is 4.74 Å². The lowest BCUT2D eigenvalue weighted by atomic mass is 10.2. The maximum atomic E-state index is 6.13. The molecule has 0 atom stereocenters. The standard InChI is InChI=1S/C15H26ClN5O/c1-3-5-6-8-20(7-4-2)14-17-13(16)18-15(19-14)21-9-11-22-12-10-21/h3-12H2,1-2H3. The van der Waals surface area contributed by atoms with E-state index in [4.69, 9.17) is 16.3 Å². The van der Waals surface area contributed by atoms with E-state index >= 15 is 0 Å². The molecule has 1 saturated heterocycles. The predicted molar refractivity (Wildman–Crippen MR) is 89.9 cm³/mol. The highest BCUT2D eigenvalue weighted by molar-refractivity contribution is 6.28. The minimum Gasteiger partial charge on any atom is -0.378 e. The molecule has 0 aromatic carbocycles. The Hall–Kier alpha value is -1.14. The second-order valence-corrected chi connectivity index (χ2v) is 5.84. The van der Waals surface area contributed by atoms with Crippen molar-refractivity contribution in [2.75, 3.05) is 49.2 Å². The van der Waals surface area contributed by atoms with Gasteiger partial charge in [-0.1, -0.05) is 26.7 Å². The fraction of sp³-hybridized carbons (Fsp3) is 0.800. The summed E-state index contributed by atoms with van der Waals surface area (Å²) in [6, 6.07) is 0.